The number of benzene rings is 2. The van der Waals surface area contributed by atoms with E-state index in [1.807, 2.05) is 0 Å². The molecule has 0 unspecified atom stereocenters. The second-order valence-electron chi connectivity index (χ2n) is 4.96. The van der Waals surface area contributed by atoms with Crippen molar-refractivity contribution in [3.05, 3.63) is 47.5 Å². The van der Waals surface area contributed by atoms with Gasteiger partial charge in [-0.15, -0.1) is 26.3 Å². The van der Waals surface area contributed by atoms with Gasteiger partial charge in [-0.1, -0.05) is 5.16 Å². The minimum atomic E-state index is -4.91. The summed E-state index contributed by atoms with van der Waals surface area (Å²) in [7, 11) is 0. The summed E-state index contributed by atoms with van der Waals surface area (Å²) >= 11 is 0. The van der Waals surface area contributed by atoms with E-state index in [1.54, 1.807) is 0 Å². The lowest BCUT2D eigenvalue weighted by Crippen LogP contribution is -2.17. The van der Waals surface area contributed by atoms with Crippen LogP contribution in [0.3, 0.4) is 0 Å². The maximum absolute atomic E-state index is 12.3. The van der Waals surface area contributed by atoms with E-state index in [0.29, 0.717) is 11.1 Å². The molecular formula is C15H7F6NO3. The van der Waals surface area contributed by atoms with Crippen LogP contribution in [0.4, 0.5) is 26.3 Å². The second kappa shape index (κ2) is 5.57. The van der Waals surface area contributed by atoms with Gasteiger partial charge < -0.3 is 14.7 Å². The summed E-state index contributed by atoms with van der Waals surface area (Å²) in [6.45, 7) is 0. The molecule has 1 N–H and O–H groups in total. The summed E-state index contributed by atoms with van der Waals surface area (Å²) in [4.78, 5) is 0. The Hall–Kier alpha value is -2.91. The van der Waals surface area contributed by atoms with Gasteiger partial charge in [0.15, 0.2) is 0 Å². The Morgan fingerprint density at radius 3 is 1.40 bits per heavy atom. The summed E-state index contributed by atoms with van der Waals surface area (Å²) < 4.78 is 81.5. The molecule has 25 heavy (non-hydrogen) atoms. The number of ether oxygens (including phenoxy) is 2. The zero-order valence-electron chi connectivity index (χ0n) is 11.9. The number of hydrogen-bond donors (Lipinski definition) is 1. The van der Waals surface area contributed by atoms with E-state index in [2.05, 4.69) is 14.6 Å². The Bertz CT molecular complexity index is 790. The highest BCUT2D eigenvalue weighted by Crippen LogP contribution is 2.41. The van der Waals surface area contributed by atoms with E-state index in [0.717, 1.165) is 24.3 Å². The van der Waals surface area contributed by atoms with Crippen molar-refractivity contribution >= 4 is 5.71 Å². The van der Waals surface area contributed by atoms with Crippen LogP contribution in [0.25, 0.3) is 11.1 Å². The van der Waals surface area contributed by atoms with Gasteiger partial charge in [0.2, 0.25) is 0 Å². The van der Waals surface area contributed by atoms with Crippen LogP contribution in [-0.2, 0) is 0 Å². The van der Waals surface area contributed by atoms with Crippen molar-refractivity contribution in [1.29, 1.82) is 0 Å². The smallest absolute Gasteiger partial charge is 0.410 e. The normalized spacial score (nSPS) is 13.3. The number of hydrogen-bond acceptors (Lipinski definition) is 4. The molecule has 0 aromatic heterocycles. The predicted octanol–water partition coefficient (Wildman–Crippen LogP) is 4.69. The molecule has 0 aliphatic heterocycles. The SMILES string of the molecule is ON=C1c2cc(OC(F)(F)F)ccc2-c2ccc(OC(F)(F)F)cc21. The number of alkyl halides is 6. The van der Waals surface area contributed by atoms with Gasteiger partial charge in [0, 0.05) is 11.1 Å². The molecule has 132 valence electrons. The molecule has 2 aromatic carbocycles. The summed E-state index contributed by atoms with van der Waals surface area (Å²) in [6, 6.07) is 6.66. The molecular weight excluding hydrogens is 356 g/mol. The van der Waals surface area contributed by atoms with Crippen LogP contribution in [0.5, 0.6) is 11.5 Å². The van der Waals surface area contributed by atoms with Crippen molar-refractivity contribution in [3.63, 3.8) is 0 Å². The van der Waals surface area contributed by atoms with Gasteiger partial charge in [-0.25, -0.2) is 0 Å². The molecule has 2 aromatic rings. The molecule has 0 bridgehead atoms. The van der Waals surface area contributed by atoms with Crippen molar-refractivity contribution < 1.29 is 41.0 Å². The van der Waals surface area contributed by atoms with Crippen LogP contribution in [0.1, 0.15) is 11.1 Å². The van der Waals surface area contributed by atoms with Gasteiger partial charge in [-0.2, -0.15) is 0 Å². The van der Waals surface area contributed by atoms with Gasteiger partial charge in [0.25, 0.3) is 0 Å². The van der Waals surface area contributed by atoms with Crippen molar-refractivity contribution in [2.45, 2.75) is 12.7 Å². The fourth-order valence-corrected chi connectivity index (χ4v) is 2.56. The fraction of sp³-hybridized carbons (Fsp3) is 0.133. The minimum Gasteiger partial charge on any atom is -0.410 e. The summed E-state index contributed by atoms with van der Waals surface area (Å²) in [6.07, 6.45) is -9.83. The first kappa shape index (κ1) is 16.9. The van der Waals surface area contributed by atoms with Gasteiger partial charge in [0.05, 0.1) is 0 Å². The number of fused-ring (bicyclic) bond motifs is 3. The molecule has 1 aliphatic rings. The highest BCUT2D eigenvalue weighted by Gasteiger charge is 2.34. The van der Waals surface area contributed by atoms with Gasteiger partial charge in [0.1, 0.15) is 17.2 Å². The molecule has 0 spiro atoms. The van der Waals surface area contributed by atoms with Crippen LogP contribution in [-0.4, -0.2) is 23.6 Å². The van der Waals surface area contributed by atoms with Gasteiger partial charge in [-0.05, 0) is 47.5 Å². The van der Waals surface area contributed by atoms with Gasteiger partial charge >= 0.3 is 12.7 Å². The molecule has 0 saturated heterocycles. The number of rotatable bonds is 2. The highest BCUT2D eigenvalue weighted by atomic mass is 19.4. The van der Waals surface area contributed by atoms with E-state index in [-0.39, 0.29) is 16.8 Å². The average Bonchev–Trinajstić information content (AvgIpc) is 2.75. The van der Waals surface area contributed by atoms with E-state index < -0.39 is 24.2 Å². The maximum Gasteiger partial charge on any atom is 0.573 e. The van der Waals surface area contributed by atoms with Crippen LogP contribution in [0.2, 0.25) is 0 Å². The largest absolute Gasteiger partial charge is 0.573 e. The molecule has 0 fully saturated rings. The molecule has 3 rings (SSSR count). The Morgan fingerprint density at radius 1 is 0.680 bits per heavy atom. The monoisotopic (exact) mass is 363 g/mol. The van der Waals surface area contributed by atoms with E-state index in [4.69, 9.17) is 5.21 Å². The Kier molecular flexibility index (Phi) is 3.77. The fourth-order valence-electron chi connectivity index (χ4n) is 2.56. The Morgan fingerprint density at radius 2 is 1.08 bits per heavy atom. The molecule has 0 heterocycles. The molecule has 4 nitrogen and oxygen atoms in total. The van der Waals surface area contributed by atoms with Crippen LogP contribution >= 0.6 is 0 Å². The molecule has 1 aliphatic carbocycles. The zero-order valence-corrected chi connectivity index (χ0v) is 11.9. The maximum atomic E-state index is 12.3. The zero-order chi connectivity index (χ0) is 18.4. The first-order chi connectivity index (χ1) is 11.6. The van der Waals surface area contributed by atoms with Crippen molar-refractivity contribution in [2.75, 3.05) is 0 Å². The number of nitrogens with zero attached hydrogens (tertiary/aromatic N) is 1. The van der Waals surface area contributed by atoms with Crippen LogP contribution in [0.15, 0.2) is 41.6 Å². The average molecular weight is 363 g/mol. The molecule has 0 atom stereocenters. The lowest BCUT2D eigenvalue weighted by Gasteiger charge is -2.10. The van der Waals surface area contributed by atoms with Gasteiger partial charge in [-0.3, -0.25) is 0 Å². The van der Waals surface area contributed by atoms with Crippen molar-refractivity contribution in [1.82, 2.24) is 0 Å². The molecule has 0 amide bonds. The quantitative estimate of drug-likeness (QED) is 0.408. The summed E-state index contributed by atoms with van der Waals surface area (Å²) in [5, 5.41) is 12.2. The molecule has 0 radical (unpaired) electrons. The number of halogens is 6. The third kappa shape index (κ3) is 3.47. The van der Waals surface area contributed by atoms with Crippen molar-refractivity contribution in [3.8, 4) is 22.6 Å². The number of oxime groups is 1. The predicted molar refractivity (Wildman–Crippen MR) is 72.7 cm³/mol. The minimum absolute atomic E-state index is 0.0865. The standard InChI is InChI=1S/C15H7F6NO3/c16-14(17,18)24-7-1-3-9-10-4-2-8(25-15(19,20)21)6-12(10)13(22-23)11(9)5-7/h1-6,23H. The summed E-state index contributed by atoms with van der Waals surface area (Å²) in [5.41, 5.74) is 0.754. The van der Waals surface area contributed by atoms with E-state index in [1.165, 1.54) is 12.1 Å². The van der Waals surface area contributed by atoms with Crippen LogP contribution in [0, 0.1) is 0 Å². The lowest BCUT2D eigenvalue weighted by atomic mass is 10.1. The summed E-state index contributed by atoms with van der Waals surface area (Å²) in [5.74, 6) is -1.10. The van der Waals surface area contributed by atoms with Crippen LogP contribution < -0.4 is 9.47 Å². The second-order valence-corrected chi connectivity index (χ2v) is 4.96. The third-order valence-corrected chi connectivity index (χ3v) is 3.35. The molecule has 0 saturated carbocycles. The first-order valence-electron chi connectivity index (χ1n) is 6.60. The van der Waals surface area contributed by atoms with E-state index in [9.17, 15) is 26.3 Å². The third-order valence-electron chi connectivity index (χ3n) is 3.35. The first-order valence-corrected chi connectivity index (χ1v) is 6.60. The topological polar surface area (TPSA) is 51.1 Å². The molecule has 10 heteroatoms. The highest BCUT2D eigenvalue weighted by molar-refractivity contribution is 6.24. The van der Waals surface area contributed by atoms with Crippen molar-refractivity contribution in [2.24, 2.45) is 5.16 Å². The Labute approximate surface area is 135 Å². The Balaban J connectivity index is 2.04. The van der Waals surface area contributed by atoms with E-state index >= 15 is 0 Å². The lowest BCUT2D eigenvalue weighted by molar-refractivity contribution is -0.275.